The number of H-pyrrole nitrogens is 1. The molecule has 0 unspecified atom stereocenters. The van der Waals surface area contributed by atoms with Gasteiger partial charge in [-0.3, -0.25) is 14.4 Å². The number of nitrogens with one attached hydrogen (secondary N) is 1. The number of carbonyl (C=O) groups excluding carboxylic acids is 2. The predicted octanol–water partition coefficient (Wildman–Crippen LogP) is 2.06. The van der Waals surface area contributed by atoms with Gasteiger partial charge in [0.2, 0.25) is 0 Å². The average Bonchev–Trinajstić information content (AvgIpc) is 3.27. The van der Waals surface area contributed by atoms with Crippen LogP contribution in [0.5, 0.6) is 0 Å². The lowest BCUT2D eigenvalue weighted by Gasteiger charge is -2.32. The minimum Gasteiger partial charge on any atom is -0.339 e. The van der Waals surface area contributed by atoms with E-state index < -0.39 is 0 Å². The van der Waals surface area contributed by atoms with Gasteiger partial charge < -0.3 is 14.8 Å². The fraction of sp³-hybridized carbons (Fsp3) is 0.435. The molecule has 0 aromatic carbocycles. The number of piperidine rings is 2. The Hall–Kier alpha value is -3.49. The number of aromatic amines is 1. The zero-order valence-corrected chi connectivity index (χ0v) is 17.9. The van der Waals surface area contributed by atoms with Crippen LogP contribution in [0.4, 0.5) is 0 Å². The molecule has 5 heterocycles. The van der Waals surface area contributed by atoms with Crippen molar-refractivity contribution in [2.45, 2.75) is 38.0 Å². The number of pyridine rings is 1. The van der Waals surface area contributed by atoms with Crippen molar-refractivity contribution in [3.63, 3.8) is 0 Å². The van der Waals surface area contributed by atoms with E-state index in [1.54, 1.807) is 15.6 Å². The van der Waals surface area contributed by atoms with Crippen LogP contribution < -0.4 is 5.56 Å². The molecule has 0 saturated carbocycles. The molecule has 1 N–H and O–H groups in total. The lowest BCUT2D eigenvalue weighted by molar-refractivity contribution is 0.0703. The van der Waals surface area contributed by atoms with Crippen LogP contribution in [0.3, 0.4) is 0 Å². The minimum absolute atomic E-state index is 0.0580. The smallest absolute Gasteiger partial charge is 0.272 e. The van der Waals surface area contributed by atoms with Crippen molar-refractivity contribution in [3.05, 3.63) is 64.1 Å². The molecule has 0 spiro atoms. The molecule has 9 nitrogen and oxygen atoms in total. The van der Waals surface area contributed by atoms with Crippen LogP contribution in [-0.2, 0) is 0 Å². The Bertz CT molecular complexity index is 1200. The van der Waals surface area contributed by atoms with E-state index >= 15 is 0 Å². The summed E-state index contributed by atoms with van der Waals surface area (Å²) in [5.74, 6) is 0.141. The van der Waals surface area contributed by atoms with Crippen LogP contribution in [-0.4, -0.2) is 67.4 Å². The van der Waals surface area contributed by atoms with Crippen molar-refractivity contribution in [2.75, 3.05) is 26.2 Å². The first-order valence-corrected chi connectivity index (χ1v) is 11.2. The Kier molecular flexibility index (Phi) is 5.46. The number of hydrogen-bond donors (Lipinski definition) is 1. The maximum absolute atomic E-state index is 13.0. The van der Waals surface area contributed by atoms with Crippen molar-refractivity contribution < 1.29 is 9.59 Å². The van der Waals surface area contributed by atoms with E-state index in [0.717, 1.165) is 49.9 Å². The number of likely N-dealkylation sites (tertiary alicyclic amines) is 2. The van der Waals surface area contributed by atoms with E-state index in [-0.39, 0.29) is 23.1 Å². The molecule has 9 heteroatoms. The first kappa shape index (κ1) is 20.4. The number of fused-ring (bicyclic) bond motifs is 1. The van der Waals surface area contributed by atoms with E-state index in [1.807, 2.05) is 11.1 Å². The van der Waals surface area contributed by atoms with Gasteiger partial charge in [0.1, 0.15) is 5.69 Å². The van der Waals surface area contributed by atoms with Gasteiger partial charge in [0.15, 0.2) is 0 Å². The molecule has 2 saturated heterocycles. The number of amides is 2. The van der Waals surface area contributed by atoms with Crippen molar-refractivity contribution >= 4 is 17.3 Å². The van der Waals surface area contributed by atoms with Crippen molar-refractivity contribution in [2.24, 2.45) is 0 Å². The molecular weight excluding hydrogens is 408 g/mol. The SMILES string of the molecule is O=C(c1cc(=O)[nH]cn1)N1CCC(c2ccn3ncc(C(=O)N4CCCCC4)c3c2)CC1. The predicted molar refractivity (Wildman–Crippen MR) is 118 cm³/mol. The molecule has 0 atom stereocenters. The Morgan fingerprint density at radius 1 is 0.969 bits per heavy atom. The maximum Gasteiger partial charge on any atom is 0.272 e. The molecule has 2 fully saturated rings. The Balaban J connectivity index is 1.31. The second-order valence-electron chi connectivity index (χ2n) is 8.56. The topological polar surface area (TPSA) is 104 Å². The Morgan fingerprint density at radius 3 is 2.47 bits per heavy atom. The molecule has 0 bridgehead atoms. The van der Waals surface area contributed by atoms with E-state index in [9.17, 15) is 14.4 Å². The summed E-state index contributed by atoms with van der Waals surface area (Å²) in [7, 11) is 0. The third kappa shape index (κ3) is 3.90. The molecule has 32 heavy (non-hydrogen) atoms. The van der Waals surface area contributed by atoms with Gasteiger partial charge in [0.25, 0.3) is 17.4 Å². The molecule has 3 aromatic rings. The van der Waals surface area contributed by atoms with E-state index in [1.165, 1.54) is 18.8 Å². The summed E-state index contributed by atoms with van der Waals surface area (Å²) in [6.07, 6.45) is 9.76. The number of hydrogen-bond acceptors (Lipinski definition) is 5. The lowest BCUT2D eigenvalue weighted by atomic mass is 9.89. The summed E-state index contributed by atoms with van der Waals surface area (Å²) in [6, 6.07) is 5.36. The lowest BCUT2D eigenvalue weighted by Crippen LogP contribution is -2.38. The van der Waals surface area contributed by atoms with Crippen molar-refractivity contribution in [1.29, 1.82) is 0 Å². The maximum atomic E-state index is 13.0. The summed E-state index contributed by atoms with van der Waals surface area (Å²) < 4.78 is 1.76. The Labute approximate surface area is 185 Å². The summed E-state index contributed by atoms with van der Waals surface area (Å²) >= 11 is 0. The van der Waals surface area contributed by atoms with Gasteiger partial charge in [-0.2, -0.15) is 5.10 Å². The fourth-order valence-electron chi connectivity index (χ4n) is 4.75. The van der Waals surface area contributed by atoms with Crippen LogP contribution in [0.2, 0.25) is 0 Å². The third-order valence-corrected chi connectivity index (χ3v) is 6.57. The quantitative estimate of drug-likeness (QED) is 0.680. The highest BCUT2D eigenvalue weighted by atomic mass is 16.2. The summed E-state index contributed by atoms with van der Waals surface area (Å²) in [5.41, 5.74) is 2.49. The van der Waals surface area contributed by atoms with Crippen LogP contribution in [0.1, 0.15) is 64.4 Å². The first-order chi connectivity index (χ1) is 15.6. The standard InChI is InChI=1S/C23H26N6O3/c30-21-13-19(24-15-25-21)23(32)28-9-4-16(5-10-28)17-6-11-29-20(12-17)18(14-26-29)22(31)27-7-2-1-3-8-27/h6,11-16H,1-5,7-10H2,(H,24,25,30). The number of rotatable bonds is 3. The molecular formula is C23H26N6O3. The van der Waals surface area contributed by atoms with Gasteiger partial charge >= 0.3 is 0 Å². The van der Waals surface area contributed by atoms with Crippen LogP contribution in [0.25, 0.3) is 5.52 Å². The van der Waals surface area contributed by atoms with Gasteiger partial charge in [-0.05, 0) is 55.7 Å². The molecule has 2 amide bonds. The molecule has 2 aliphatic heterocycles. The highest BCUT2D eigenvalue weighted by molar-refractivity contribution is 6.00. The van der Waals surface area contributed by atoms with Gasteiger partial charge in [-0.15, -0.1) is 0 Å². The zero-order chi connectivity index (χ0) is 22.1. The number of aromatic nitrogens is 4. The highest BCUT2D eigenvalue weighted by Gasteiger charge is 2.27. The van der Waals surface area contributed by atoms with E-state index in [4.69, 9.17) is 0 Å². The summed E-state index contributed by atoms with van der Waals surface area (Å²) in [5, 5.41) is 4.38. The largest absolute Gasteiger partial charge is 0.339 e. The van der Waals surface area contributed by atoms with Crippen LogP contribution in [0.15, 0.2) is 41.7 Å². The fourth-order valence-corrected chi connectivity index (χ4v) is 4.75. The molecule has 166 valence electrons. The molecule has 5 rings (SSSR count). The monoisotopic (exact) mass is 434 g/mol. The first-order valence-electron chi connectivity index (χ1n) is 11.2. The van der Waals surface area contributed by atoms with Crippen molar-refractivity contribution in [3.8, 4) is 0 Å². The van der Waals surface area contributed by atoms with Crippen LogP contribution in [0, 0.1) is 0 Å². The third-order valence-electron chi connectivity index (χ3n) is 6.57. The highest BCUT2D eigenvalue weighted by Crippen LogP contribution is 2.30. The zero-order valence-electron chi connectivity index (χ0n) is 17.9. The number of carbonyl (C=O) groups is 2. The Morgan fingerprint density at radius 2 is 1.72 bits per heavy atom. The summed E-state index contributed by atoms with van der Waals surface area (Å²) in [4.78, 5) is 47.3. The molecule has 2 aliphatic rings. The number of nitrogens with zero attached hydrogens (tertiary/aromatic N) is 5. The summed E-state index contributed by atoms with van der Waals surface area (Å²) in [6.45, 7) is 2.82. The average molecular weight is 435 g/mol. The van der Waals surface area contributed by atoms with E-state index in [2.05, 4.69) is 27.2 Å². The molecule has 3 aromatic heterocycles. The normalized spacial score (nSPS) is 17.6. The van der Waals surface area contributed by atoms with Crippen LogP contribution >= 0.6 is 0 Å². The molecule has 0 radical (unpaired) electrons. The second kappa shape index (κ2) is 8.57. The van der Waals surface area contributed by atoms with Crippen molar-refractivity contribution in [1.82, 2.24) is 29.4 Å². The second-order valence-corrected chi connectivity index (χ2v) is 8.56. The van der Waals surface area contributed by atoms with E-state index in [0.29, 0.717) is 24.6 Å². The minimum atomic E-state index is -0.331. The van der Waals surface area contributed by atoms with Gasteiger partial charge in [-0.1, -0.05) is 0 Å². The van der Waals surface area contributed by atoms with Gasteiger partial charge in [0.05, 0.1) is 23.6 Å². The molecule has 0 aliphatic carbocycles. The van der Waals surface area contributed by atoms with Gasteiger partial charge in [0, 0.05) is 38.4 Å². The van der Waals surface area contributed by atoms with Gasteiger partial charge in [-0.25, -0.2) is 9.50 Å².